The van der Waals surface area contributed by atoms with Crippen molar-refractivity contribution in [3.05, 3.63) is 0 Å². The summed E-state index contributed by atoms with van der Waals surface area (Å²) < 4.78 is 0. The summed E-state index contributed by atoms with van der Waals surface area (Å²) in [5.41, 5.74) is -1.39. The predicted molar refractivity (Wildman–Crippen MR) is 56.9 cm³/mol. The number of carbonyl (C=O) groups is 1. The van der Waals surface area contributed by atoms with Crippen molar-refractivity contribution >= 4 is 6.09 Å². The number of amides is 1. The number of aliphatic hydroxyl groups is 1. The number of carboxylic acid groups (broad SMARTS) is 1. The SMILES string of the molecule is CC(C)(C)N(CC1(O)CCNC1)C(=O)O. The minimum absolute atomic E-state index is 0.166. The van der Waals surface area contributed by atoms with Crippen molar-refractivity contribution in [2.24, 2.45) is 0 Å². The molecular weight excluding hydrogens is 196 g/mol. The van der Waals surface area contributed by atoms with E-state index in [1.54, 1.807) is 0 Å². The largest absolute Gasteiger partial charge is 0.465 e. The fraction of sp³-hybridized carbons (Fsp3) is 0.900. The Morgan fingerprint density at radius 2 is 2.13 bits per heavy atom. The summed E-state index contributed by atoms with van der Waals surface area (Å²) in [6.45, 7) is 6.85. The van der Waals surface area contributed by atoms with Gasteiger partial charge in [-0.15, -0.1) is 0 Å². The summed E-state index contributed by atoms with van der Waals surface area (Å²) in [6.07, 6.45) is -0.379. The fourth-order valence-corrected chi connectivity index (χ4v) is 1.75. The summed E-state index contributed by atoms with van der Waals surface area (Å²) in [5, 5.41) is 22.2. The quantitative estimate of drug-likeness (QED) is 0.628. The third kappa shape index (κ3) is 3.07. The van der Waals surface area contributed by atoms with Crippen molar-refractivity contribution < 1.29 is 15.0 Å². The molecule has 5 heteroatoms. The molecule has 1 aliphatic rings. The molecule has 1 amide bonds. The number of rotatable bonds is 2. The normalized spacial score (nSPS) is 26.7. The van der Waals surface area contributed by atoms with Crippen LogP contribution in [0.5, 0.6) is 0 Å². The molecule has 15 heavy (non-hydrogen) atoms. The van der Waals surface area contributed by atoms with Crippen LogP contribution in [0.25, 0.3) is 0 Å². The molecule has 0 spiro atoms. The fourth-order valence-electron chi connectivity index (χ4n) is 1.75. The minimum Gasteiger partial charge on any atom is -0.465 e. The number of nitrogens with one attached hydrogen (secondary N) is 1. The van der Waals surface area contributed by atoms with Crippen molar-refractivity contribution in [2.75, 3.05) is 19.6 Å². The summed E-state index contributed by atoms with van der Waals surface area (Å²) >= 11 is 0. The highest BCUT2D eigenvalue weighted by molar-refractivity contribution is 5.66. The van der Waals surface area contributed by atoms with Crippen molar-refractivity contribution in [2.45, 2.75) is 38.3 Å². The zero-order chi connectivity index (χ0) is 11.7. The van der Waals surface area contributed by atoms with Crippen molar-refractivity contribution in [1.82, 2.24) is 10.2 Å². The monoisotopic (exact) mass is 216 g/mol. The summed E-state index contributed by atoms with van der Waals surface area (Å²) in [6, 6.07) is 0. The minimum atomic E-state index is -0.983. The van der Waals surface area contributed by atoms with Gasteiger partial charge >= 0.3 is 6.09 Å². The van der Waals surface area contributed by atoms with E-state index in [1.807, 2.05) is 20.8 Å². The molecule has 0 bridgehead atoms. The second-order valence-electron chi connectivity index (χ2n) is 5.19. The molecule has 0 aromatic rings. The molecule has 0 aliphatic carbocycles. The van der Waals surface area contributed by atoms with Gasteiger partial charge in [0.15, 0.2) is 0 Å². The van der Waals surface area contributed by atoms with Crippen molar-refractivity contribution in [3.63, 3.8) is 0 Å². The van der Waals surface area contributed by atoms with Crippen LogP contribution in [0.2, 0.25) is 0 Å². The van der Waals surface area contributed by atoms with Gasteiger partial charge in [0.25, 0.3) is 0 Å². The lowest BCUT2D eigenvalue weighted by Gasteiger charge is -2.37. The highest BCUT2D eigenvalue weighted by atomic mass is 16.4. The maximum absolute atomic E-state index is 11.1. The van der Waals surface area contributed by atoms with Gasteiger partial charge in [-0.2, -0.15) is 0 Å². The van der Waals surface area contributed by atoms with Crippen LogP contribution in [0.3, 0.4) is 0 Å². The van der Waals surface area contributed by atoms with E-state index in [9.17, 15) is 9.90 Å². The maximum Gasteiger partial charge on any atom is 0.407 e. The molecule has 88 valence electrons. The van der Waals surface area contributed by atoms with E-state index in [0.29, 0.717) is 13.0 Å². The second-order valence-corrected chi connectivity index (χ2v) is 5.19. The van der Waals surface area contributed by atoms with E-state index in [4.69, 9.17) is 5.11 Å². The highest BCUT2D eigenvalue weighted by Gasteiger charge is 2.38. The van der Waals surface area contributed by atoms with Crippen molar-refractivity contribution in [3.8, 4) is 0 Å². The van der Waals surface area contributed by atoms with Crippen LogP contribution >= 0.6 is 0 Å². The van der Waals surface area contributed by atoms with E-state index < -0.39 is 17.2 Å². The van der Waals surface area contributed by atoms with Crippen LogP contribution in [0.1, 0.15) is 27.2 Å². The molecule has 1 rings (SSSR count). The van der Waals surface area contributed by atoms with Crippen LogP contribution in [-0.2, 0) is 0 Å². The second kappa shape index (κ2) is 3.98. The maximum atomic E-state index is 11.1. The summed E-state index contributed by atoms with van der Waals surface area (Å²) in [7, 11) is 0. The lowest BCUT2D eigenvalue weighted by molar-refractivity contribution is -0.00195. The Labute approximate surface area is 90.1 Å². The van der Waals surface area contributed by atoms with Gasteiger partial charge < -0.3 is 20.4 Å². The molecule has 3 N–H and O–H groups in total. The first-order chi connectivity index (χ1) is 6.75. The average Bonchev–Trinajstić information content (AvgIpc) is 2.46. The van der Waals surface area contributed by atoms with Gasteiger partial charge in [0.1, 0.15) is 0 Å². The Kier molecular flexibility index (Phi) is 3.25. The highest BCUT2D eigenvalue weighted by Crippen LogP contribution is 2.21. The first kappa shape index (κ1) is 12.3. The van der Waals surface area contributed by atoms with Gasteiger partial charge in [0.05, 0.1) is 12.1 Å². The van der Waals surface area contributed by atoms with Gasteiger partial charge in [-0.05, 0) is 33.7 Å². The molecule has 1 fully saturated rings. The van der Waals surface area contributed by atoms with Gasteiger partial charge in [-0.1, -0.05) is 0 Å². The van der Waals surface area contributed by atoms with Gasteiger partial charge in [-0.3, -0.25) is 0 Å². The molecule has 1 heterocycles. The number of hydrogen-bond donors (Lipinski definition) is 3. The average molecular weight is 216 g/mol. The third-order valence-corrected chi connectivity index (χ3v) is 2.71. The lowest BCUT2D eigenvalue weighted by atomic mass is 9.98. The molecular formula is C10H20N2O3. The third-order valence-electron chi connectivity index (χ3n) is 2.71. The number of hydrogen-bond acceptors (Lipinski definition) is 3. The Hall–Kier alpha value is -0.810. The molecule has 0 aromatic carbocycles. The number of β-amino-alcohol motifs (C(OH)–C–C–N with tert-alkyl or cyclic N) is 1. The van der Waals surface area contributed by atoms with Crippen LogP contribution < -0.4 is 5.32 Å². The molecule has 1 aliphatic heterocycles. The van der Waals surface area contributed by atoms with Gasteiger partial charge in [-0.25, -0.2) is 4.79 Å². The van der Waals surface area contributed by atoms with E-state index in [1.165, 1.54) is 4.90 Å². The molecule has 5 nitrogen and oxygen atoms in total. The van der Waals surface area contributed by atoms with Gasteiger partial charge in [0.2, 0.25) is 0 Å². The smallest absolute Gasteiger partial charge is 0.407 e. The van der Waals surface area contributed by atoms with E-state index in [0.717, 1.165) is 6.54 Å². The standard InChI is InChI=1S/C10H20N2O3/c1-9(2,3)12(8(13)14)7-10(15)4-5-11-6-10/h11,15H,4-7H2,1-3H3,(H,13,14). The molecule has 0 aromatic heterocycles. The van der Waals surface area contributed by atoms with E-state index in [-0.39, 0.29) is 6.54 Å². The molecule has 0 saturated carbocycles. The van der Waals surface area contributed by atoms with Crippen LogP contribution in [0.4, 0.5) is 4.79 Å². The molecule has 0 radical (unpaired) electrons. The first-order valence-corrected chi connectivity index (χ1v) is 5.18. The lowest BCUT2D eigenvalue weighted by Crippen LogP contribution is -2.53. The van der Waals surface area contributed by atoms with Crippen LogP contribution in [0.15, 0.2) is 0 Å². The van der Waals surface area contributed by atoms with Crippen LogP contribution in [0, 0.1) is 0 Å². The van der Waals surface area contributed by atoms with E-state index in [2.05, 4.69) is 5.32 Å². The summed E-state index contributed by atoms with van der Waals surface area (Å²) in [4.78, 5) is 12.4. The molecule has 1 unspecified atom stereocenters. The Morgan fingerprint density at radius 1 is 1.53 bits per heavy atom. The Bertz CT molecular complexity index is 242. The van der Waals surface area contributed by atoms with Crippen molar-refractivity contribution in [1.29, 1.82) is 0 Å². The molecule has 1 saturated heterocycles. The molecule has 1 atom stereocenters. The first-order valence-electron chi connectivity index (χ1n) is 5.18. The van der Waals surface area contributed by atoms with Gasteiger partial charge in [0, 0.05) is 12.1 Å². The van der Waals surface area contributed by atoms with E-state index >= 15 is 0 Å². The Balaban J connectivity index is 2.71. The predicted octanol–water partition coefficient (Wildman–Crippen LogP) is 0.489. The zero-order valence-electron chi connectivity index (χ0n) is 9.58. The summed E-state index contributed by atoms with van der Waals surface area (Å²) in [5.74, 6) is 0. The Morgan fingerprint density at radius 3 is 2.47 bits per heavy atom. The topological polar surface area (TPSA) is 72.8 Å². The van der Waals surface area contributed by atoms with Crippen LogP contribution in [-0.4, -0.2) is 52.0 Å². The zero-order valence-corrected chi connectivity index (χ0v) is 9.58. The number of nitrogens with zero attached hydrogens (tertiary/aromatic N) is 1.